The van der Waals surface area contributed by atoms with Gasteiger partial charge in [0.25, 0.3) is 5.91 Å². The lowest BCUT2D eigenvalue weighted by Gasteiger charge is -2.28. The molecular formula is C31H39ClN6O5. The molecule has 1 aliphatic rings. The van der Waals surface area contributed by atoms with E-state index in [0.717, 1.165) is 12.1 Å². The van der Waals surface area contributed by atoms with Gasteiger partial charge in [-0.25, -0.2) is 4.98 Å². The van der Waals surface area contributed by atoms with E-state index in [1.54, 1.807) is 61.3 Å². The number of hydrogen-bond acceptors (Lipinski definition) is 7. The molecule has 0 unspecified atom stereocenters. The zero-order valence-electron chi connectivity index (χ0n) is 25.3. The SMILES string of the molecule is CN(C)CCN(C)C(=O)Cc1ccc2oc(C(=O)Nc3ccc(Cl)cn3)c(NC(=O)C3CCC(C(=O)N(C)C)CC3)c2c1. The van der Waals surface area contributed by atoms with E-state index in [0.29, 0.717) is 48.2 Å². The molecule has 2 N–H and O–H groups in total. The van der Waals surface area contributed by atoms with Crippen LogP contribution in [0.4, 0.5) is 11.5 Å². The molecule has 4 amide bonds. The molecule has 0 aliphatic heterocycles. The Bertz CT molecular complexity index is 1480. The minimum atomic E-state index is -0.595. The molecule has 230 valence electrons. The average molecular weight is 611 g/mol. The number of nitrogens with one attached hydrogen (secondary N) is 2. The summed E-state index contributed by atoms with van der Waals surface area (Å²) >= 11 is 5.93. The molecule has 2 aromatic heterocycles. The van der Waals surface area contributed by atoms with Crippen molar-refractivity contribution in [2.75, 3.05) is 59.0 Å². The zero-order chi connectivity index (χ0) is 31.3. The van der Waals surface area contributed by atoms with Crippen LogP contribution < -0.4 is 10.6 Å². The van der Waals surface area contributed by atoms with Gasteiger partial charge in [-0.05, 0) is 69.6 Å². The quantitative estimate of drug-likeness (QED) is 0.353. The van der Waals surface area contributed by atoms with Gasteiger partial charge in [0.05, 0.1) is 11.4 Å². The minimum absolute atomic E-state index is 0.0499. The first-order valence-corrected chi connectivity index (χ1v) is 14.7. The molecule has 43 heavy (non-hydrogen) atoms. The van der Waals surface area contributed by atoms with E-state index in [1.807, 2.05) is 19.0 Å². The third-order valence-corrected chi connectivity index (χ3v) is 7.95. The largest absolute Gasteiger partial charge is 0.449 e. The number of halogens is 1. The molecule has 1 aromatic carbocycles. The summed E-state index contributed by atoms with van der Waals surface area (Å²) in [7, 11) is 9.14. The first-order chi connectivity index (χ1) is 20.4. The number of furan rings is 1. The van der Waals surface area contributed by atoms with Crippen LogP contribution in [-0.4, -0.2) is 91.6 Å². The van der Waals surface area contributed by atoms with E-state index in [1.165, 1.54) is 6.20 Å². The number of pyridine rings is 1. The van der Waals surface area contributed by atoms with Crippen molar-refractivity contribution in [3.63, 3.8) is 0 Å². The molecule has 0 saturated heterocycles. The molecule has 1 fully saturated rings. The van der Waals surface area contributed by atoms with Crippen LogP contribution in [0.15, 0.2) is 40.9 Å². The van der Waals surface area contributed by atoms with Crippen molar-refractivity contribution in [2.24, 2.45) is 11.8 Å². The maximum absolute atomic E-state index is 13.5. The maximum Gasteiger partial charge on any atom is 0.294 e. The number of anilines is 2. The Morgan fingerprint density at radius 1 is 0.930 bits per heavy atom. The van der Waals surface area contributed by atoms with Crippen molar-refractivity contribution < 1.29 is 23.6 Å². The van der Waals surface area contributed by atoms with Gasteiger partial charge < -0.3 is 29.8 Å². The van der Waals surface area contributed by atoms with Gasteiger partial charge in [0, 0.05) is 57.7 Å². The number of amides is 4. The van der Waals surface area contributed by atoms with E-state index in [4.69, 9.17) is 16.0 Å². The fraction of sp³-hybridized carbons (Fsp3) is 0.452. The lowest BCUT2D eigenvalue weighted by atomic mass is 9.81. The third kappa shape index (κ3) is 8.11. The second-order valence-corrected chi connectivity index (χ2v) is 12.0. The Balaban J connectivity index is 1.59. The minimum Gasteiger partial charge on any atom is -0.449 e. The van der Waals surface area contributed by atoms with Crippen LogP contribution in [0, 0.1) is 11.8 Å². The van der Waals surface area contributed by atoms with Crippen molar-refractivity contribution in [1.82, 2.24) is 19.7 Å². The third-order valence-electron chi connectivity index (χ3n) is 7.73. The Morgan fingerprint density at radius 3 is 2.26 bits per heavy atom. The number of nitrogens with zero attached hydrogens (tertiary/aromatic N) is 4. The highest BCUT2D eigenvalue weighted by Crippen LogP contribution is 2.35. The number of hydrogen-bond donors (Lipinski definition) is 2. The van der Waals surface area contributed by atoms with Gasteiger partial charge in [-0.1, -0.05) is 17.7 Å². The smallest absolute Gasteiger partial charge is 0.294 e. The van der Waals surface area contributed by atoms with Gasteiger partial charge in [0.1, 0.15) is 17.1 Å². The first-order valence-electron chi connectivity index (χ1n) is 14.3. The standard InChI is InChI=1S/C31H39ClN6O5/c1-36(2)14-15-38(5)26(39)17-19-6-12-24-23(16-19)27(28(43-24)30(41)34-25-13-11-22(32)18-33-25)35-29(40)20-7-9-21(10-8-20)31(42)37(3)4/h6,11-13,16,18,20-21H,7-10,14-15,17H2,1-5H3,(H,35,40)(H,33,34,41). The molecule has 0 radical (unpaired) electrons. The van der Waals surface area contributed by atoms with Crippen LogP contribution in [0.1, 0.15) is 41.8 Å². The summed E-state index contributed by atoms with van der Waals surface area (Å²) in [5.41, 5.74) is 1.34. The van der Waals surface area contributed by atoms with E-state index < -0.39 is 5.91 Å². The van der Waals surface area contributed by atoms with Crippen molar-refractivity contribution in [3.05, 3.63) is 52.9 Å². The van der Waals surface area contributed by atoms with Crippen LogP contribution in [0.3, 0.4) is 0 Å². The highest BCUT2D eigenvalue weighted by molar-refractivity contribution is 6.30. The predicted molar refractivity (Wildman–Crippen MR) is 166 cm³/mol. The molecule has 11 nitrogen and oxygen atoms in total. The molecule has 12 heteroatoms. The lowest BCUT2D eigenvalue weighted by Crippen LogP contribution is -2.35. The Labute approximate surface area is 256 Å². The van der Waals surface area contributed by atoms with E-state index in [2.05, 4.69) is 15.6 Å². The van der Waals surface area contributed by atoms with E-state index in [-0.39, 0.29) is 53.2 Å². The number of carbonyl (C=O) groups is 4. The summed E-state index contributed by atoms with van der Waals surface area (Å²) in [5, 5.41) is 6.58. The van der Waals surface area contributed by atoms with E-state index >= 15 is 0 Å². The highest BCUT2D eigenvalue weighted by Gasteiger charge is 2.32. The molecule has 2 heterocycles. The summed E-state index contributed by atoms with van der Waals surface area (Å²) in [5.74, 6) is -1.05. The number of fused-ring (bicyclic) bond motifs is 1. The first kappa shape index (κ1) is 32.0. The average Bonchev–Trinajstić information content (AvgIpc) is 3.34. The van der Waals surface area contributed by atoms with Crippen LogP contribution in [0.5, 0.6) is 0 Å². The van der Waals surface area contributed by atoms with Gasteiger partial charge in [-0.15, -0.1) is 0 Å². The number of rotatable bonds is 10. The topological polar surface area (TPSA) is 128 Å². The number of likely N-dealkylation sites (N-methyl/N-ethyl adjacent to an activating group) is 2. The molecule has 0 atom stereocenters. The van der Waals surface area contributed by atoms with Gasteiger partial charge in [0.2, 0.25) is 23.5 Å². The normalized spacial score (nSPS) is 16.6. The molecule has 4 rings (SSSR count). The van der Waals surface area contributed by atoms with Gasteiger partial charge >= 0.3 is 0 Å². The van der Waals surface area contributed by atoms with Crippen LogP contribution in [-0.2, 0) is 20.8 Å². The zero-order valence-corrected chi connectivity index (χ0v) is 26.0. The molecule has 0 spiro atoms. The molecule has 1 saturated carbocycles. The van der Waals surface area contributed by atoms with Crippen molar-refractivity contribution >= 4 is 57.7 Å². The molecule has 3 aromatic rings. The summed E-state index contributed by atoms with van der Waals surface area (Å²) in [6, 6.07) is 8.41. The Morgan fingerprint density at radius 2 is 1.63 bits per heavy atom. The van der Waals surface area contributed by atoms with Crippen LogP contribution in [0.25, 0.3) is 11.0 Å². The number of carbonyl (C=O) groups excluding carboxylic acids is 4. The fourth-order valence-electron chi connectivity index (χ4n) is 5.14. The predicted octanol–water partition coefficient (Wildman–Crippen LogP) is 4.13. The van der Waals surface area contributed by atoms with Crippen LogP contribution in [0.2, 0.25) is 5.02 Å². The van der Waals surface area contributed by atoms with Crippen molar-refractivity contribution in [3.8, 4) is 0 Å². The Hall–Kier alpha value is -3.96. The lowest BCUT2D eigenvalue weighted by molar-refractivity contribution is -0.135. The number of aromatic nitrogens is 1. The number of benzene rings is 1. The van der Waals surface area contributed by atoms with Crippen molar-refractivity contribution in [2.45, 2.75) is 32.1 Å². The summed E-state index contributed by atoms with van der Waals surface area (Å²) in [4.78, 5) is 61.6. The van der Waals surface area contributed by atoms with Gasteiger partial charge in [0.15, 0.2) is 0 Å². The summed E-state index contributed by atoms with van der Waals surface area (Å²) < 4.78 is 5.96. The second kappa shape index (κ2) is 14.0. The second-order valence-electron chi connectivity index (χ2n) is 11.5. The van der Waals surface area contributed by atoms with Crippen molar-refractivity contribution in [1.29, 1.82) is 0 Å². The van der Waals surface area contributed by atoms with Gasteiger partial charge in [-0.2, -0.15) is 0 Å². The monoisotopic (exact) mass is 610 g/mol. The summed E-state index contributed by atoms with van der Waals surface area (Å²) in [6.45, 7) is 1.33. The molecule has 0 bridgehead atoms. The molecule has 1 aliphatic carbocycles. The van der Waals surface area contributed by atoms with Crippen LogP contribution >= 0.6 is 11.6 Å². The Kier molecular flexibility index (Phi) is 10.4. The highest BCUT2D eigenvalue weighted by atomic mass is 35.5. The maximum atomic E-state index is 13.5. The molecular weight excluding hydrogens is 572 g/mol. The van der Waals surface area contributed by atoms with E-state index in [9.17, 15) is 19.2 Å². The fourth-order valence-corrected chi connectivity index (χ4v) is 5.25. The summed E-state index contributed by atoms with van der Waals surface area (Å²) in [6.07, 6.45) is 3.91. The van der Waals surface area contributed by atoms with Gasteiger partial charge in [-0.3, -0.25) is 19.2 Å².